The monoisotopic (exact) mass is 530 g/mol. The molecule has 0 aliphatic carbocycles. The summed E-state index contributed by atoms with van der Waals surface area (Å²) in [4.78, 5) is 12.6. The number of aromatic nitrogens is 3. The van der Waals surface area contributed by atoms with Gasteiger partial charge in [0.15, 0.2) is 11.0 Å². The molecule has 6 nitrogen and oxygen atoms in total. The third-order valence-corrected chi connectivity index (χ3v) is 6.83. The summed E-state index contributed by atoms with van der Waals surface area (Å²) in [6.07, 6.45) is 0. The van der Waals surface area contributed by atoms with Crippen LogP contribution in [0.25, 0.3) is 0 Å². The predicted octanol–water partition coefficient (Wildman–Crippen LogP) is 6.44. The first-order valence-corrected chi connectivity index (χ1v) is 12.8. The van der Waals surface area contributed by atoms with Crippen LogP contribution in [0.5, 0.6) is 5.75 Å². The number of carbonyl (C=O) groups excluding carboxylic acids is 1. The summed E-state index contributed by atoms with van der Waals surface area (Å²) in [5, 5.41) is 12.2. The lowest BCUT2D eigenvalue weighted by Crippen LogP contribution is -2.16. The third-order valence-electron chi connectivity index (χ3n) is 5.31. The minimum Gasteiger partial charge on any atom is -0.485 e. The smallest absolute Gasteiger partial charge is 0.234 e. The minimum atomic E-state index is -0.0774. The Kier molecular flexibility index (Phi) is 8.59. The minimum absolute atomic E-state index is 0.0774. The summed E-state index contributed by atoms with van der Waals surface area (Å²) in [5.41, 5.74) is 4.26. The second-order valence-electron chi connectivity index (χ2n) is 8.67. The summed E-state index contributed by atoms with van der Waals surface area (Å²) in [6.45, 7) is 10.9. The lowest BCUT2D eigenvalue weighted by atomic mass is 10.0. The molecule has 0 unspecified atom stereocenters. The molecule has 0 aliphatic rings. The van der Waals surface area contributed by atoms with Gasteiger partial charge in [0.05, 0.1) is 5.75 Å². The van der Waals surface area contributed by atoms with E-state index in [1.54, 1.807) is 0 Å². The number of benzene rings is 2. The normalized spacial score (nSPS) is 11.3. The van der Waals surface area contributed by atoms with Crippen molar-refractivity contribution >= 4 is 39.3 Å². The fraction of sp³-hybridized carbons (Fsp3) is 0.400. The van der Waals surface area contributed by atoms with Crippen LogP contribution in [0.15, 0.2) is 46.0 Å². The van der Waals surface area contributed by atoms with Gasteiger partial charge in [0, 0.05) is 17.2 Å². The van der Waals surface area contributed by atoms with E-state index < -0.39 is 0 Å². The van der Waals surface area contributed by atoms with Gasteiger partial charge in [-0.2, -0.15) is 0 Å². The van der Waals surface area contributed by atoms with Crippen LogP contribution in [0, 0.1) is 6.92 Å². The Bertz CT molecular complexity index is 1130. The Morgan fingerprint density at radius 1 is 1.09 bits per heavy atom. The van der Waals surface area contributed by atoms with Gasteiger partial charge in [-0.3, -0.25) is 4.79 Å². The molecule has 0 saturated carbocycles. The van der Waals surface area contributed by atoms with E-state index in [4.69, 9.17) is 4.74 Å². The van der Waals surface area contributed by atoms with Gasteiger partial charge in [0.2, 0.25) is 5.91 Å². The van der Waals surface area contributed by atoms with Crippen LogP contribution in [-0.2, 0) is 18.4 Å². The number of carbonyl (C=O) groups is 1. The molecule has 0 spiro atoms. The van der Waals surface area contributed by atoms with Gasteiger partial charge >= 0.3 is 0 Å². The van der Waals surface area contributed by atoms with Crippen molar-refractivity contribution < 1.29 is 9.53 Å². The van der Waals surface area contributed by atoms with Crippen LogP contribution in [0.3, 0.4) is 0 Å². The van der Waals surface area contributed by atoms with Crippen LogP contribution >= 0.6 is 27.7 Å². The summed E-state index contributed by atoms with van der Waals surface area (Å²) >= 11 is 4.86. The molecule has 0 saturated heterocycles. The maximum atomic E-state index is 12.6. The maximum Gasteiger partial charge on any atom is 0.234 e. The Morgan fingerprint density at radius 2 is 1.82 bits per heavy atom. The topological polar surface area (TPSA) is 69.0 Å². The molecule has 2 aromatic carbocycles. The number of halogens is 1. The van der Waals surface area contributed by atoms with Crippen LogP contribution in [0.4, 0.5) is 5.69 Å². The second-order valence-corrected chi connectivity index (χ2v) is 10.5. The van der Waals surface area contributed by atoms with E-state index >= 15 is 0 Å². The van der Waals surface area contributed by atoms with Crippen LogP contribution < -0.4 is 10.1 Å². The molecule has 1 N–H and O–H groups in total. The first kappa shape index (κ1) is 25.3. The number of hydrogen-bond acceptors (Lipinski definition) is 5. The third kappa shape index (κ3) is 6.60. The van der Waals surface area contributed by atoms with E-state index in [0.29, 0.717) is 29.4 Å². The van der Waals surface area contributed by atoms with Crippen molar-refractivity contribution in [3.05, 3.63) is 63.4 Å². The van der Waals surface area contributed by atoms with Crippen LogP contribution in [0.1, 0.15) is 62.0 Å². The Morgan fingerprint density at radius 3 is 2.52 bits per heavy atom. The molecule has 0 atom stereocenters. The Hall–Kier alpha value is -2.32. The van der Waals surface area contributed by atoms with E-state index in [9.17, 15) is 4.79 Å². The molecule has 1 aromatic heterocycles. The van der Waals surface area contributed by atoms with E-state index in [0.717, 1.165) is 27.0 Å². The first-order valence-electron chi connectivity index (χ1n) is 11.0. The van der Waals surface area contributed by atoms with E-state index in [1.165, 1.54) is 17.3 Å². The molecule has 176 valence electrons. The van der Waals surface area contributed by atoms with Gasteiger partial charge in [-0.05, 0) is 59.7 Å². The van der Waals surface area contributed by atoms with Crippen molar-refractivity contribution in [2.75, 3.05) is 11.1 Å². The lowest BCUT2D eigenvalue weighted by Gasteiger charge is -2.15. The highest BCUT2D eigenvalue weighted by Crippen LogP contribution is 2.29. The predicted molar refractivity (Wildman–Crippen MR) is 138 cm³/mol. The Labute approximate surface area is 208 Å². The number of thioether (sulfide) groups is 1. The molecule has 1 heterocycles. The fourth-order valence-corrected chi connectivity index (χ4v) is 4.53. The van der Waals surface area contributed by atoms with E-state index in [-0.39, 0.29) is 11.7 Å². The fourth-order valence-electron chi connectivity index (χ4n) is 3.42. The van der Waals surface area contributed by atoms with Gasteiger partial charge in [-0.25, -0.2) is 0 Å². The van der Waals surface area contributed by atoms with Crippen LogP contribution in [0.2, 0.25) is 0 Å². The molecule has 0 aliphatic heterocycles. The van der Waals surface area contributed by atoms with Gasteiger partial charge in [0.1, 0.15) is 12.4 Å². The van der Waals surface area contributed by atoms with E-state index in [1.807, 2.05) is 29.8 Å². The molecule has 33 heavy (non-hydrogen) atoms. The molecule has 3 rings (SSSR count). The van der Waals surface area contributed by atoms with Crippen molar-refractivity contribution in [2.45, 2.75) is 58.2 Å². The standard InChI is InChI=1S/C25H31BrN4O2S/c1-15(2)19-9-7-17(5)11-22(19)32-13-23-28-29-25(30(23)6)33-14-24(31)27-21-10-8-18(26)12-20(21)16(3)4/h7-12,15-16H,13-14H2,1-6H3,(H,27,31). The molecule has 8 heteroatoms. The zero-order valence-corrected chi connectivity index (χ0v) is 22.4. The van der Waals surface area contributed by atoms with Crippen molar-refractivity contribution in [2.24, 2.45) is 7.05 Å². The number of nitrogens with one attached hydrogen (secondary N) is 1. The number of aryl methyl sites for hydroxylation is 1. The SMILES string of the molecule is Cc1ccc(C(C)C)c(OCc2nnc(SCC(=O)Nc3ccc(Br)cc3C(C)C)n2C)c1. The number of anilines is 1. The van der Waals surface area contributed by atoms with Crippen LogP contribution in [-0.4, -0.2) is 26.4 Å². The highest BCUT2D eigenvalue weighted by Gasteiger charge is 2.15. The molecule has 0 bridgehead atoms. The molecular formula is C25H31BrN4O2S. The molecule has 0 radical (unpaired) electrons. The summed E-state index contributed by atoms with van der Waals surface area (Å²) < 4.78 is 8.97. The molecular weight excluding hydrogens is 500 g/mol. The average molecular weight is 532 g/mol. The lowest BCUT2D eigenvalue weighted by molar-refractivity contribution is -0.113. The number of hydrogen-bond donors (Lipinski definition) is 1. The number of rotatable bonds is 9. The summed E-state index contributed by atoms with van der Waals surface area (Å²) in [7, 11) is 1.89. The number of amides is 1. The second kappa shape index (κ2) is 11.2. The highest BCUT2D eigenvalue weighted by molar-refractivity contribution is 9.10. The summed E-state index contributed by atoms with van der Waals surface area (Å²) in [6, 6.07) is 12.2. The highest BCUT2D eigenvalue weighted by atomic mass is 79.9. The van der Waals surface area contributed by atoms with Crippen molar-refractivity contribution in [3.63, 3.8) is 0 Å². The average Bonchev–Trinajstić information content (AvgIpc) is 3.11. The maximum absolute atomic E-state index is 12.6. The van der Waals surface area contributed by atoms with Crippen molar-refractivity contribution in [3.8, 4) is 5.75 Å². The van der Waals surface area contributed by atoms with Crippen molar-refractivity contribution in [1.82, 2.24) is 14.8 Å². The van der Waals surface area contributed by atoms with Gasteiger partial charge in [-0.1, -0.05) is 67.5 Å². The molecule has 3 aromatic rings. The van der Waals surface area contributed by atoms with Gasteiger partial charge in [0.25, 0.3) is 0 Å². The zero-order valence-electron chi connectivity index (χ0n) is 20.0. The summed E-state index contributed by atoms with van der Waals surface area (Å²) in [5.74, 6) is 2.42. The van der Waals surface area contributed by atoms with Crippen molar-refractivity contribution in [1.29, 1.82) is 0 Å². The van der Waals surface area contributed by atoms with Gasteiger partial charge < -0.3 is 14.6 Å². The Balaban J connectivity index is 1.61. The van der Waals surface area contributed by atoms with Gasteiger partial charge in [-0.15, -0.1) is 10.2 Å². The largest absolute Gasteiger partial charge is 0.485 e. The zero-order chi connectivity index (χ0) is 24.1. The first-order chi connectivity index (χ1) is 15.7. The van der Waals surface area contributed by atoms with E-state index in [2.05, 4.69) is 84.3 Å². The number of ether oxygens (including phenoxy) is 1. The quantitative estimate of drug-likeness (QED) is 0.322. The molecule has 0 fully saturated rings. The molecule has 1 amide bonds. The number of nitrogens with zero attached hydrogens (tertiary/aromatic N) is 3.